The summed E-state index contributed by atoms with van der Waals surface area (Å²) in [5.74, 6) is 1.05. The number of nitrogens with zero attached hydrogens (tertiary/aromatic N) is 1. The molecule has 0 bridgehead atoms. The lowest BCUT2D eigenvalue weighted by Crippen LogP contribution is -2.30. The average molecular weight is 389 g/mol. The van der Waals surface area contributed by atoms with Crippen molar-refractivity contribution >= 4 is 21.8 Å². The van der Waals surface area contributed by atoms with Gasteiger partial charge in [-0.15, -0.1) is 0 Å². The Balaban J connectivity index is 1.73. The minimum atomic E-state index is 0.0219. The van der Waals surface area contributed by atoms with E-state index in [2.05, 4.69) is 15.9 Å². The zero-order valence-electron chi connectivity index (χ0n) is 13.5. The molecule has 2 N–H and O–H groups in total. The summed E-state index contributed by atoms with van der Waals surface area (Å²) in [5, 5.41) is 0. The molecule has 0 saturated carbocycles. The summed E-state index contributed by atoms with van der Waals surface area (Å²) in [6, 6.07) is 15.3. The number of para-hydroxylation sites is 1. The maximum Gasteiger partial charge on any atom is 0.257 e. The predicted octanol–water partition coefficient (Wildman–Crippen LogP) is 3.45. The van der Waals surface area contributed by atoms with Gasteiger partial charge in [-0.2, -0.15) is 0 Å². The van der Waals surface area contributed by atoms with E-state index >= 15 is 0 Å². The van der Waals surface area contributed by atoms with Crippen molar-refractivity contribution in [2.45, 2.75) is 13.0 Å². The summed E-state index contributed by atoms with van der Waals surface area (Å²) in [6.45, 7) is 2.54. The van der Waals surface area contributed by atoms with Gasteiger partial charge in [0.1, 0.15) is 12.4 Å². The number of ether oxygens (including phenoxy) is 1. The lowest BCUT2D eigenvalue weighted by Gasteiger charge is -2.18. The highest BCUT2D eigenvalue weighted by atomic mass is 79.9. The Morgan fingerprint density at radius 1 is 1.21 bits per heavy atom. The van der Waals surface area contributed by atoms with E-state index < -0.39 is 0 Å². The Labute approximate surface area is 150 Å². The molecule has 0 unspecified atom stereocenters. The smallest absolute Gasteiger partial charge is 0.257 e. The number of hydrogen-bond acceptors (Lipinski definition) is 3. The van der Waals surface area contributed by atoms with Crippen molar-refractivity contribution < 1.29 is 9.53 Å². The second kappa shape index (κ2) is 7.81. The molecule has 0 spiro atoms. The van der Waals surface area contributed by atoms with Gasteiger partial charge in [0.2, 0.25) is 0 Å². The largest absolute Gasteiger partial charge is 0.488 e. The zero-order chi connectivity index (χ0) is 16.9. The molecule has 1 fully saturated rings. The fourth-order valence-electron chi connectivity index (χ4n) is 2.92. The first kappa shape index (κ1) is 17.0. The maximum atomic E-state index is 12.8. The van der Waals surface area contributed by atoms with E-state index in [9.17, 15) is 4.79 Å². The van der Waals surface area contributed by atoms with Crippen LogP contribution in [0.5, 0.6) is 5.75 Å². The number of halogens is 1. The van der Waals surface area contributed by atoms with Gasteiger partial charge in [-0.3, -0.25) is 4.79 Å². The second-order valence-electron chi connectivity index (χ2n) is 6.02. The minimum absolute atomic E-state index is 0.0219. The molecule has 2 aromatic rings. The summed E-state index contributed by atoms with van der Waals surface area (Å²) in [4.78, 5) is 14.7. The number of benzene rings is 2. The fourth-order valence-corrected chi connectivity index (χ4v) is 3.32. The quantitative estimate of drug-likeness (QED) is 0.852. The lowest BCUT2D eigenvalue weighted by molar-refractivity contribution is 0.0782. The highest BCUT2D eigenvalue weighted by molar-refractivity contribution is 9.10. The molecular weight excluding hydrogens is 368 g/mol. The second-order valence-corrected chi connectivity index (χ2v) is 6.87. The van der Waals surface area contributed by atoms with Crippen LogP contribution in [0, 0.1) is 5.92 Å². The van der Waals surface area contributed by atoms with Crippen molar-refractivity contribution in [1.82, 2.24) is 4.90 Å². The van der Waals surface area contributed by atoms with Gasteiger partial charge in [-0.05, 0) is 37.1 Å². The normalized spacial score (nSPS) is 17.1. The first-order chi connectivity index (χ1) is 11.7. The monoisotopic (exact) mass is 388 g/mol. The molecule has 3 rings (SSSR count). The van der Waals surface area contributed by atoms with Crippen LogP contribution in [0.4, 0.5) is 0 Å². The SMILES string of the molecule is NC[C@@H]1CCN(C(=O)c2ccccc2OCc2ccccc2Br)C1. The Morgan fingerprint density at radius 2 is 1.96 bits per heavy atom. The van der Waals surface area contributed by atoms with Crippen molar-refractivity contribution in [3.05, 3.63) is 64.1 Å². The molecule has 0 radical (unpaired) electrons. The van der Waals surface area contributed by atoms with E-state index in [-0.39, 0.29) is 5.91 Å². The van der Waals surface area contributed by atoms with Crippen molar-refractivity contribution in [3.63, 3.8) is 0 Å². The van der Waals surface area contributed by atoms with Crippen LogP contribution in [0.2, 0.25) is 0 Å². The van der Waals surface area contributed by atoms with Crippen molar-refractivity contribution in [3.8, 4) is 5.75 Å². The van der Waals surface area contributed by atoms with Crippen LogP contribution in [-0.4, -0.2) is 30.4 Å². The fraction of sp³-hybridized carbons (Fsp3) is 0.316. The molecular formula is C19H21BrN2O2. The molecule has 24 heavy (non-hydrogen) atoms. The van der Waals surface area contributed by atoms with E-state index in [1.54, 1.807) is 0 Å². The number of carbonyl (C=O) groups excluding carboxylic acids is 1. The molecule has 0 aromatic heterocycles. The molecule has 126 valence electrons. The van der Waals surface area contributed by atoms with Gasteiger partial charge in [-0.1, -0.05) is 46.3 Å². The molecule has 1 aliphatic rings. The van der Waals surface area contributed by atoms with Gasteiger partial charge < -0.3 is 15.4 Å². The molecule has 0 aliphatic carbocycles. The predicted molar refractivity (Wildman–Crippen MR) is 98.0 cm³/mol. The third-order valence-electron chi connectivity index (χ3n) is 4.36. The van der Waals surface area contributed by atoms with E-state index in [0.29, 0.717) is 30.4 Å². The Bertz CT molecular complexity index is 720. The number of hydrogen-bond donors (Lipinski definition) is 1. The highest BCUT2D eigenvalue weighted by Gasteiger charge is 2.27. The molecule has 1 saturated heterocycles. The summed E-state index contributed by atoms with van der Waals surface area (Å²) in [7, 11) is 0. The van der Waals surface area contributed by atoms with E-state index in [1.165, 1.54) is 0 Å². The summed E-state index contributed by atoms with van der Waals surface area (Å²) in [5.41, 5.74) is 7.38. The van der Waals surface area contributed by atoms with E-state index in [0.717, 1.165) is 29.5 Å². The van der Waals surface area contributed by atoms with Gasteiger partial charge in [0.05, 0.1) is 5.56 Å². The van der Waals surface area contributed by atoms with Crippen molar-refractivity contribution in [2.24, 2.45) is 11.7 Å². The van der Waals surface area contributed by atoms with Crippen LogP contribution in [0.3, 0.4) is 0 Å². The average Bonchev–Trinajstić information content (AvgIpc) is 3.10. The van der Waals surface area contributed by atoms with Gasteiger partial charge in [-0.25, -0.2) is 0 Å². The number of nitrogens with two attached hydrogens (primary N) is 1. The van der Waals surface area contributed by atoms with Gasteiger partial charge in [0, 0.05) is 23.1 Å². The topological polar surface area (TPSA) is 55.6 Å². The Hall–Kier alpha value is -1.85. The summed E-state index contributed by atoms with van der Waals surface area (Å²) >= 11 is 3.52. The molecule has 1 aliphatic heterocycles. The third kappa shape index (κ3) is 3.79. The van der Waals surface area contributed by atoms with Crippen LogP contribution in [0.1, 0.15) is 22.3 Å². The highest BCUT2D eigenvalue weighted by Crippen LogP contribution is 2.25. The molecule has 1 atom stereocenters. The summed E-state index contributed by atoms with van der Waals surface area (Å²) in [6.07, 6.45) is 0.974. The minimum Gasteiger partial charge on any atom is -0.488 e. The standard InChI is InChI=1S/C19H21BrN2O2/c20-17-7-3-1-5-15(17)13-24-18-8-4-2-6-16(18)19(23)22-10-9-14(11-21)12-22/h1-8,14H,9-13,21H2/t14-/m0/s1. The lowest BCUT2D eigenvalue weighted by atomic mass is 10.1. The van der Waals surface area contributed by atoms with Crippen molar-refractivity contribution in [2.75, 3.05) is 19.6 Å². The van der Waals surface area contributed by atoms with Crippen LogP contribution in [0.15, 0.2) is 53.0 Å². The molecule has 2 aromatic carbocycles. The number of likely N-dealkylation sites (tertiary alicyclic amines) is 1. The first-order valence-corrected chi connectivity index (χ1v) is 8.93. The van der Waals surface area contributed by atoms with Crippen LogP contribution >= 0.6 is 15.9 Å². The summed E-state index contributed by atoms with van der Waals surface area (Å²) < 4.78 is 6.93. The van der Waals surface area contributed by atoms with Crippen molar-refractivity contribution in [1.29, 1.82) is 0 Å². The van der Waals surface area contributed by atoms with E-state index in [1.807, 2.05) is 53.4 Å². The third-order valence-corrected chi connectivity index (χ3v) is 5.14. The maximum absolute atomic E-state index is 12.8. The van der Waals surface area contributed by atoms with Gasteiger partial charge in [0.25, 0.3) is 5.91 Å². The molecule has 1 heterocycles. The van der Waals surface area contributed by atoms with E-state index in [4.69, 9.17) is 10.5 Å². The molecule has 5 heteroatoms. The Morgan fingerprint density at radius 3 is 2.71 bits per heavy atom. The van der Waals surface area contributed by atoms with Crippen LogP contribution in [0.25, 0.3) is 0 Å². The van der Waals surface area contributed by atoms with Gasteiger partial charge >= 0.3 is 0 Å². The number of amides is 1. The first-order valence-electron chi connectivity index (χ1n) is 8.13. The number of carbonyl (C=O) groups is 1. The molecule has 4 nitrogen and oxygen atoms in total. The van der Waals surface area contributed by atoms with Gasteiger partial charge in [0.15, 0.2) is 0 Å². The molecule has 1 amide bonds. The zero-order valence-corrected chi connectivity index (χ0v) is 15.0. The number of rotatable bonds is 5. The van der Waals surface area contributed by atoms with Crippen LogP contribution in [-0.2, 0) is 6.61 Å². The Kier molecular flexibility index (Phi) is 5.53. The van der Waals surface area contributed by atoms with Crippen LogP contribution < -0.4 is 10.5 Å².